The highest BCUT2D eigenvalue weighted by Crippen LogP contribution is 2.29. The van der Waals surface area contributed by atoms with Crippen molar-refractivity contribution in [2.45, 2.75) is 44.3 Å². The van der Waals surface area contributed by atoms with Crippen molar-refractivity contribution in [1.29, 1.82) is 0 Å². The summed E-state index contributed by atoms with van der Waals surface area (Å²) in [6.45, 7) is 3.72. The number of likely N-dealkylation sites (tertiary alicyclic amines) is 2. The first-order valence-electron chi connectivity index (χ1n) is 13.6. The summed E-state index contributed by atoms with van der Waals surface area (Å²) >= 11 is 5.92. The molecule has 2 heterocycles. The number of hydrogen-bond donors (Lipinski definition) is 2. The zero-order valence-corrected chi connectivity index (χ0v) is 22.9. The second-order valence-corrected chi connectivity index (χ2v) is 11.0. The lowest BCUT2D eigenvalue weighted by Crippen LogP contribution is -2.43. The van der Waals surface area contributed by atoms with Crippen LogP contribution in [-0.2, 0) is 22.2 Å². The zero-order valence-electron chi connectivity index (χ0n) is 22.2. The topological polar surface area (TPSA) is 81.8 Å². The average molecular weight is 579 g/mol. The summed E-state index contributed by atoms with van der Waals surface area (Å²) in [5, 5.41) is 5.95. The van der Waals surface area contributed by atoms with Crippen molar-refractivity contribution in [1.82, 2.24) is 20.4 Å². The molecule has 2 aliphatic rings. The smallest absolute Gasteiger partial charge is 0.350 e. The van der Waals surface area contributed by atoms with Crippen molar-refractivity contribution in [2.24, 2.45) is 5.92 Å². The fraction of sp³-hybridized carbons (Fsp3) is 0.483. The Labute approximate surface area is 237 Å². The Hall–Kier alpha value is -3.11. The van der Waals surface area contributed by atoms with Gasteiger partial charge in [0, 0.05) is 42.8 Å². The number of amides is 3. The Balaban J connectivity index is 1.11. The Morgan fingerprint density at radius 2 is 1.70 bits per heavy atom. The van der Waals surface area contributed by atoms with Crippen molar-refractivity contribution < 1.29 is 27.6 Å². The first-order valence-corrected chi connectivity index (χ1v) is 13.9. The van der Waals surface area contributed by atoms with Gasteiger partial charge in [-0.2, -0.15) is 13.2 Å². The van der Waals surface area contributed by atoms with Crippen LogP contribution < -0.4 is 10.6 Å². The number of piperidine rings is 1. The van der Waals surface area contributed by atoms with Gasteiger partial charge in [-0.15, -0.1) is 0 Å². The minimum atomic E-state index is -4.54. The molecule has 0 aromatic heterocycles. The van der Waals surface area contributed by atoms with Gasteiger partial charge in [-0.05, 0) is 74.0 Å². The maximum absolute atomic E-state index is 12.9. The lowest BCUT2D eigenvalue weighted by atomic mass is 9.93. The molecule has 40 heavy (non-hydrogen) atoms. The monoisotopic (exact) mass is 578 g/mol. The number of carbonyl (C=O) groups excluding carboxylic acids is 3. The molecule has 2 aromatic carbocycles. The number of carbonyl (C=O) groups is 3. The number of hydrogen-bond acceptors (Lipinski definition) is 4. The van der Waals surface area contributed by atoms with E-state index in [1.165, 1.54) is 6.07 Å². The summed E-state index contributed by atoms with van der Waals surface area (Å²) < 4.78 is 38.6. The van der Waals surface area contributed by atoms with Crippen molar-refractivity contribution in [3.8, 4) is 0 Å². The number of rotatable bonds is 9. The summed E-state index contributed by atoms with van der Waals surface area (Å²) in [7, 11) is 0. The Kier molecular flexibility index (Phi) is 10.1. The van der Waals surface area contributed by atoms with Crippen LogP contribution in [0.2, 0.25) is 5.02 Å². The minimum absolute atomic E-state index is 0.0368. The molecule has 3 amide bonds. The van der Waals surface area contributed by atoms with E-state index in [-0.39, 0.29) is 30.0 Å². The second kappa shape index (κ2) is 13.5. The van der Waals surface area contributed by atoms with E-state index in [1.54, 1.807) is 12.1 Å². The van der Waals surface area contributed by atoms with E-state index in [0.717, 1.165) is 75.6 Å². The standard InChI is InChI=1S/C29H34ClF3N4O3/c30-24-6-4-21(5-7-24)16-27(39)37-14-9-20(10-15-37)8-12-36-13-11-25(19-36)35-26(38)18-34-28(40)22-2-1-3-23(17-22)29(31,32)33/h1-7,17,20,25H,8-16,18-19H2,(H,34,40)(H,35,38)/t25-/m1/s1. The van der Waals surface area contributed by atoms with Crippen LogP contribution in [0.25, 0.3) is 0 Å². The SMILES string of the molecule is O=C(CNC(=O)c1cccc(C(F)(F)F)c1)N[C@@H]1CCN(CCC2CCN(C(=O)Cc3ccc(Cl)cc3)CC2)C1. The third kappa shape index (κ3) is 8.69. The van der Waals surface area contributed by atoms with E-state index in [0.29, 0.717) is 23.9 Å². The van der Waals surface area contributed by atoms with Crippen LogP contribution in [0.5, 0.6) is 0 Å². The van der Waals surface area contributed by atoms with Gasteiger partial charge in [0.25, 0.3) is 5.91 Å². The van der Waals surface area contributed by atoms with Crippen LogP contribution >= 0.6 is 11.6 Å². The molecule has 0 unspecified atom stereocenters. The predicted octanol–water partition coefficient (Wildman–Crippen LogP) is 4.15. The maximum Gasteiger partial charge on any atom is 0.416 e. The van der Waals surface area contributed by atoms with Crippen molar-refractivity contribution in [2.75, 3.05) is 39.3 Å². The summed E-state index contributed by atoms with van der Waals surface area (Å²) in [4.78, 5) is 41.4. The molecule has 7 nitrogen and oxygen atoms in total. The molecule has 1 atom stereocenters. The van der Waals surface area contributed by atoms with Gasteiger partial charge in [0.1, 0.15) is 0 Å². The average Bonchev–Trinajstić information content (AvgIpc) is 3.38. The van der Waals surface area contributed by atoms with Gasteiger partial charge < -0.3 is 20.4 Å². The van der Waals surface area contributed by atoms with Crippen LogP contribution in [0.1, 0.15) is 47.2 Å². The molecule has 0 spiro atoms. The number of nitrogens with one attached hydrogen (secondary N) is 2. The normalized spacial score (nSPS) is 18.5. The van der Waals surface area contributed by atoms with Gasteiger partial charge in [-0.1, -0.05) is 29.8 Å². The molecule has 0 aliphatic carbocycles. The van der Waals surface area contributed by atoms with Gasteiger partial charge in [-0.25, -0.2) is 0 Å². The van der Waals surface area contributed by atoms with Crippen molar-refractivity contribution in [3.63, 3.8) is 0 Å². The van der Waals surface area contributed by atoms with E-state index in [4.69, 9.17) is 11.6 Å². The highest BCUT2D eigenvalue weighted by atomic mass is 35.5. The van der Waals surface area contributed by atoms with Crippen LogP contribution in [0.4, 0.5) is 13.2 Å². The summed E-state index contributed by atoms with van der Waals surface area (Å²) in [5.74, 6) is -0.404. The largest absolute Gasteiger partial charge is 0.416 e. The first kappa shape index (κ1) is 29.9. The fourth-order valence-electron chi connectivity index (χ4n) is 5.26. The highest BCUT2D eigenvalue weighted by Gasteiger charge is 2.31. The van der Waals surface area contributed by atoms with Crippen LogP contribution in [0, 0.1) is 5.92 Å². The van der Waals surface area contributed by atoms with Gasteiger partial charge in [0.2, 0.25) is 11.8 Å². The summed E-state index contributed by atoms with van der Waals surface area (Å²) in [5.41, 5.74) is -0.0967. The Morgan fingerprint density at radius 3 is 2.40 bits per heavy atom. The second-order valence-electron chi connectivity index (χ2n) is 10.5. The van der Waals surface area contributed by atoms with Gasteiger partial charge in [0.15, 0.2) is 0 Å². The Morgan fingerprint density at radius 1 is 0.975 bits per heavy atom. The third-order valence-corrected chi connectivity index (χ3v) is 7.84. The van der Waals surface area contributed by atoms with E-state index < -0.39 is 17.6 Å². The minimum Gasteiger partial charge on any atom is -0.350 e. The van der Waals surface area contributed by atoms with Crippen LogP contribution in [-0.4, -0.2) is 72.8 Å². The highest BCUT2D eigenvalue weighted by molar-refractivity contribution is 6.30. The third-order valence-electron chi connectivity index (χ3n) is 7.59. The summed E-state index contributed by atoms with van der Waals surface area (Å²) in [6.07, 6.45) is -0.371. The molecule has 0 radical (unpaired) electrons. The van der Waals surface area contributed by atoms with Crippen molar-refractivity contribution >= 4 is 29.3 Å². The van der Waals surface area contributed by atoms with Crippen molar-refractivity contribution in [3.05, 3.63) is 70.2 Å². The maximum atomic E-state index is 12.9. The summed E-state index contributed by atoms with van der Waals surface area (Å²) in [6, 6.07) is 11.4. The first-order chi connectivity index (χ1) is 19.1. The fourth-order valence-corrected chi connectivity index (χ4v) is 5.38. The van der Waals surface area contributed by atoms with Crippen LogP contribution in [0.15, 0.2) is 48.5 Å². The van der Waals surface area contributed by atoms with E-state index in [2.05, 4.69) is 15.5 Å². The molecule has 2 aromatic rings. The lowest BCUT2D eigenvalue weighted by Gasteiger charge is -2.33. The molecule has 4 rings (SSSR count). The zero-order chi connectivity index (χ0) is 28.7. The molecule has 2 N–H and O–H groups in total. The quantitative estimate of drug-likeness (QED) is 0.468. The molecule has 2 aliphatic heterocycles. The van der Waals surface area contributed by atoms with Gasteiger partial charge in [0.05, 0.1) is 18.5 Å². The molecule has 2 saturated heterocycles. The molecular weight excluding hydrogens is 545 g/mol. The Bertz CT molecular complexity index is 1180. The molecule has 0 bridgehead atoms. The van der Waals surface area contributed by atoms with E-state index in [9.17, 15) is 27.6 Å². The number of benzene rings is 2. The van der Waals surface area contributed by atoms with Crippen LogP contribution in [0.3, 0.4) is 0 Å². The molecule has 216 valence electrons. The number of alkyl halides is 3. The predicted molar refractivity (Wildman–Crippen MR) is 146 cm³/mol. The van der Waals surface area contributed by atoms with E-state index in [1.807, 2.05) is 17.0 Å². The molecule has 0 saturated carbocycles. The molecular formula is C29H34ClF3N4O3. The number of halogens is 4. The molecule has 11 heteroatoms. The van der Waals surface area contributed by atoms with E-state index >= 15 is 0 Å². The number of nitrogens with zero attached hydrogens (tertiary/aromatic N) is 2. The molecule has 2 fully saturated rings. The van der Waals surface area contributed by atoms with Gasteiger partial charge >= 0.3 is 6.18 Å². The lowest BCUT2D eigenvalue weighted by molar-refractivity contribution is -0.137. The van der Waals surface area contributed by atoms with Gasteiger partial charge in [-0.3, -0.25) is 14.4 Å².